The Morgan fingerprint density at radius 3 is 2.59 bits per heavy atom. The maximum atomic E-state index is 13.1. The number of nitrogens with two attached hydrogens (primary N) is 1. The molecule has 0 spiro atoms. The van der Waals surface area contributed by atoms with E-state index in [9.17, 15) is 9.18 Å². The van der Waals surface area contributed by atoms with Gasteiger partial charge in [-0.3, -0.25) is 4.79 Å². The number of hydrogen-bond donors (Lipinski definition) is 2. The van der Waals surface area contributed by atoms with Gasteiger partial charge in [0.15, 0.2) is 0 Å². The smallest absolute Gasteiger partial charge is 0.223 e. The zero-order valence-electron chi connectivity index (χ0n) is 12.6. The molecule has 3 N–H and O–H groups in total. The third-order valence-electron chi connectivity index (χ3n) is 3.60. The fraction of sp³-hybridized carbons (Fsp3) is 0.278. The second kappa shape index (κ2) is 7.71. The van der Waals surface area contributed by atoms with E-state index in [-0.39, 0.29) is 23.7 Å². The minimum absolute atomic E-state index is 0.0735. The molecule has 22 heavy (non-hydrogen) atoms. The summed E-state index contributed by atoms with van der Waals surface area (Å²) in [4.78, 5) is 12.1. The van der Waals surface area contributed by atoms with Crippen molar-refractivity contribution >= 4 is 5.91 Å². The molecule has 1 amide bonds. The third-order valence-corrected chi connectivity index (χ3v) is 3.60. The van der Waals surface area contributed by atoms with E-state index in [4.69, 9.17) is 5.73 Å². The molecule has 2 unspecified atom stereocenters. The molecule has 2 aromatic rings. The molecule has 0 saturated carbocycles. The molecule has 4 heteroatoms. The van der Waals surface area contributed by atoms with Crippen molar-refractivity contribution in [3.8, 4) is 0 Å². The monoisotopic (exact) mass is 300 g/mol. The number of amides is 1. The molecule has 2 atom stereocenters. The fourth-order valence-electron chi connectivity index (χ4n) is 2.31. The predicted molar refractivity (Wildman–Crippen MR) is 85.6 cm³/mol. The van der Waals surface area contributed by atoms with Gasteiger partial charge in [-0.1, -0.05) is 49.4 Å². The number of benzene rings is 2. The van der Waals surface area contributed by atoms with Gasteiger partial charge in [-0.15, -0.1) is 0 Å². The van der Waals surface area contributed by atoms with Crippen LogP contribution in [-0.2, 0) is 11.2 Å². The minimum atomic E-state index is -0.281. The van der Waals surface area contributed by atoms with Crippen molar-refractivity contribution in [2.75, 3.05) is 6.54 Å². The fourth-order valence-corrected chi connectivity index (χ4v) is 2.31. The standard InChI is InChI=1S/C18H21FN2O/c1-13(10-14-6-5-9-16(19)11-14)18(22)21-12-17(20)15-7-3-2-4-8-15/h2-9,11,13,17H,10,12,20H2,1H3,(H,21,22). The lowest BCUT2D eigenvalue weighted by Gasteiger charge is -2.16. The van der Waals surface area contributed by atoms with Crippen LogP contribution < -0.4 is 11.1 Å². The average molecular weight is 300 g/mol. The first-order valence-electron chi connectivity index (χ1n) is 7.39. The van der Waals surface area contributed by atoms with Gasteiger partial charge in [-0.25, -0.2) is 4.39 Å². The molecular weight excluding hydrogens is 279 g/mol. The Balaban J connectivity index is 1.84. The SMILES string of the molecule is CC(Cc1cccc(F)c1)C(=O)NCC(N)c1ccccc1. The molecule has 3 nitrogen and oxygen atoms in total. The van der Waals surface area contributed by atoms with Gasteiger partial charge in [0.2, 0.25) is 5.91 Å². The third kappa shape index (κ3) is 4.67. The number of nitrogens with one attached hydrogen (secondary N) is 1. The summed E-state index contributed by atoms with van der Waals surface area (Å²) in [6, 6.07) is 15.7. The first-order valence-corrected chi connectivity index (χ1v) is 7.39. The van der Waals surface area contributed by atoms with Gasteiger partial charge in [0.25, 0.3) is 0 Å². The number of carbonyl (C=O) groups excluding carboxylic acids is 1. The van der Waals surface area contributed by atoms with E-state index >= 15 is 0 Å². The van der Waals surface area contributed by atoms with E-state index in [1.165, 1.54) is 12.1 Å². The molecule has 0 saturated heterocycles. The van der Waals surface area contributed by atoms with E-state index in [0.29, 0.717) is 13.0 Å². The van der Waals surface area contributed by atoms with Crippen molar-refractivity contribution in [2.24, 2.45) is 11.7 Å². The van der Waals surface area contributed by atoms with Gasteiger partial charge < -0.3 is 11.1 Å². The van der Waals surface area contributed by atoms with Gasteiger partial charge in [-0.05, 0) is 29.7 Å². The van der Waals surface area contributed by atoms with Crippen LogP contribution in [0.25, 0.3) is 0 Å². The topological polar surface area (TPSA) is 55.1 Å². The zero-order chi connectivity index (χ0) is 15.9. The van der Waals surface area contributed by atoms with Crippen LogP contribution in [-0.4, -0.2) is 12.5 Å². The van der Waals surface area contributed by atoms with Gasteiger partial charge >= 0.3 is 0 Å². The van der Waals surface area contributed by atoms with Crippen LogP contribution in [0.3, 0.4) is 0 Å². The van der Waals surface area contributed by atoms with Crippen molar-refractivity contribution in [2.45, 2.75) is 19.4 Å². The first kappa shape index (κ1) is 16.2. The Morgan fingerprint density at radius 2 is 1.91 bits per heavy atom. The van der Waals surface area contributed by atoms with E-state index in [1.54, 1.807) is 6.07 Å². The van der Waals surface area contributed by atoms with Gasteiger partial charge in [0, 0.05) is 18.5 Å². The van der Waals surface area contributed by atoms with Crippen LogP contribution in [0.4, 0.5) is 4.39 Å². The van der Waals surface area contributed by atoms with Crippen LogP contribution in [0.2, 0.25) is 0 Å². The van der Waals surface area contributed by atoms with Crippen molar-refractivity contribution in [1.29, 1.82) is 0 Å². The Kier molecular flexibility index (Phi) is 5.67. The van der Waals surface area contributed by atoms with Crippen molar-refractivity contribution in [3.05, 3.63) is 71.5 Å². The minimum Gasteiger partial charge on any atom is -0.354 e. The molecule has 0 aliphatic rings. The Labute approximate surface area is 130 Å². The number of carbonyl (C=O) groups is 1. The molecule has 2 aromatic carbocycles. The highest BCUT2D eigenvalue weighted by Crippen LogP contribution is 2.12. The first-order chi connectivity index (χ1) is 10.6. The normalized spacial score (nSPS) is 13.4. The van der Waals surface area contributed by atoms with E-state index < -0.39 is 0 Å². The van der Waals surface area contributed by atoms with Crippen LogP contribution >= 0.6 is 0 Å². The summed E-state index contributed by atoms with van der Waals surface area (Å²) in [5, 5.41) is 2.86. The van der Waals surface area contributed by atoms with E-state index in [1.807, 2.05) is 43.3 Å². The highest BCUT2D eigenvalue weighted by Gasteiger charge is 2.15. The van der Waals surface area contributed by atoms with E-state index in [2.05, 4.69) is 5.32 Å². The molecular formula is C18H21FN2O. The van der Waals surface area contributed by atoms with Gasteiger partial charge in [0.1, 0.15) is 5.82 Å². The van der Waals surface area contributed by atoms with Gasteiger partial charge in [-0.2, -0.15) is 0 Å². The van der Waals surface area contributed by atoms with Crippen LogP contribution in [0, 0.1) is 11.7 Å². The lowest BCUT2D eigenvalue weighted by molar-refractivity contribution is -0.124. The summed E-state index contributed by atoms with van der Waals surface area (Å²) in [5.41, 5.74) is 7.85. The maximum Gasteiger partial charge on any atom is 0.223 e. The Bertz CT molecular complexity index is 615. The summed E-state index contributed by atoms with van der Waals surface area (Å²) in [6.45, 7) is 2.21. The number of halogens is 1. The molecule has 0 bridgehead atoms. The zero-order valence-corrected chi connectivity index (χ0v) is 12.6. The number of rotatable bonds is 6. The average Bonchev–Trinajstić information content (AvgIpc) is 2.53. The van der Waals surface area contributed by atoms with Crippen molar-refractivity contribution in [3.63, 3.8) is 0 Å². The molecule has 0 radical (unpaired) electrons. The molecule has 116 valence electrons. The quantitative estimate of drug-likeness (QED) is 0.862. The molecule has 2 rings (SSSR count). The highest BCUT2D eigenvalue weighted by molar-refractivity contribution is 5.78. The predicted octanol–water partition coefficient (Wildman–Crippen LogP) is 2.82. The second-order valence-corrected chi connectivity index (χ2v) is 5.50. The van der Waals surface area contributed by atoms with Crippen LogP contribution in [0.5, 0.6) is 0 Å². The van der Waals surface area contributed by atoms with Gasteiger partial charge in [0.05, 0.1) is 0 Å². The lowest BCUT2D eigenvalue weighted by Crippen LogP contribution is -2.35. The molecule has 0 heterocycles. The summed E-state index contributed by atoms with van der Waals surface area (Å²) < 4.78 is 13.1. The summed E-state index contributed by atoms with van der Waals surface area (Å²) in [5.74, 6) is -0.586. The summed E-state index contributed by atoms with van der Waals surface area (Å²) in [6.07, 6.45) is 0.504. The highest BCUT2D eigenvalue weighted by atomic mass is 19.1. The van der Waals surface area contributed by atoms with Crippen molar-refractivity contribution in [1.82, 2.24) is 5.32 Å². The van der Waals surface area contributed by atoms with Crippen LogP contribution in [0.1, 0.15) is 24.1 Å². The van der Waals surface area contributed by atoms with Crippen molar-refractivity contribution < 1.29 is 9.18 Å². The van der Waals surface area contributed by atoms with Crippen LogP contribution in [0.15, 0.2) is 54.6 Å². The lowest BCUT2D eigenvalue weighted by atomic mass is 10.00. The summed E-state index contributed by atoms with van der Waals surface area (Å²) in [7, 11) is 0. The Hall–Kier alpha value is -2.20. The maximum absolute atomic E-state index is 13.1. The summed E-state index contributed by atoms with van der Waals surface area (Å²) >= 11 is 0. The van der Waals surface area contributed by atoms with E-state index in [0.717, 1.165) is 11.1 Å². The second-order valence-electron chi connectivity index (χ2n) is 5.50. The molecule has 0 aliphatic carbocycles. The Morgan fingerprint density at radius 1 is 1.18 bits per heavy atom. The molecule has 0 fully saturated rings. The molecule has 0 aliphatic heterocycles. The number of hydrogen-bond acceptors (Lipinski definition) is 2. The largest absolute Gasteiger partial charge is 0.354 e. The molecule has 0 aromatic heterocycles.